The molecule has 3 aromatic rings. The minimum absolute atomic E-state index is 0.117. The minimum Gasteiger partial charge on any atom is -0.481 e. The number of hydrogen-bond acceptors (Lipinski definition) is 3. The third-order valence-electron chi connectivity index (χ3n) is 5.69. The van der Waals surface area contributed by atoms with Gasteiger partial charge in [0, 0.05) is 28.5 Å². The van der Waals surface area contributed by atoms with Crippen molar-refractivity contribution >= 4 is 40.8 Å². The first-order valence-corrected chi connectivity index (χ1v) is 11.3. The third kappa shape index (κ3) is 5.10. The van der Waals surface area contributed by atoms with Crippen LogP contribution in [0.5, 0.6) is 0 Å². The smallest absolute Gasteiger partial charge is 0.303 e. The number of benzene rings is 3. The summed E-state index contributed by atoms with van der Waals surface area (Å²) in [6, 6.07) is 20.6. The van der Waals surface area contributed by atoms with Crippen molar-refractivity contribution in [2.45, 2.75) is 32.2 Å². The summed E-state index contributed by atoms with van der Waals surface area (Å²) < 4.78 is 0. The molecule has 1 aliphatic heterocycles. The molecule has 5 nitrogen and oxygen atoms in total. The first-order valence-electron chi connectivity index (χ1n) is 10.6. The Kier molecular flexibility index (Phi) is 6.82. The number of rotatable bonds is 6. The van der Waals surface area contributed by atoms with E-state index in [9.17, 15) is 9.59 Å². The highest BCUT2D eigenvalue weighted by Gasteiger charge is 2.34. The van der Waals surface area contributed by atoms with Crippen molar-refractivity contribution in [1.82, 2.24) is 5.01 Å². The Bertz CT molecular complexity index is 1220. The molecule has 4 rings (SSSR count). The number of amides is 1. The van der Waals surface area contributed by atoms with Crippen LogP contribution in [0.3, 0.4) is 0 Å². The predicted octanol–water partition coefficient (Wildman–Crippen LogP) is 6.51. The monoisotopic (exact) mass is 480 g/mol. The Morgan fingerprint density at radius 3 is 2.24 bits per heavy atom. The van der Waals surface area contributed by atoms with Crippen LogP contribution in [0.1, 0.15) is 42.0 Å². The van der Waals surface area contributed by atoms with Crippen LogP contribution >= 0.6 is 23.2 Å². The summed E-state index contributed by atoms with van der Waals surface area (Å²) in [5.41, 5.74) is 5.72. The third-order valence-corrected chi connectivity index (χ3v) is 6.19. The van der Waals surface area contributed by atoms with E-state index in [1.165, 1.54) is 5.01 Å². The second-order valence-electron chi connectivity index (χ2n) is 7.95. The maximum absolute atomic E-state index is 13.0. The molecule has 0 radical (unpaired) electrons. The Balaban J connectivity index is 1.76. The number of aliphatic carboxylic acids is 1. The van der Waals surface area contributed by atoms with Gasteiger partial charge in [0.05, 0.1) is 18.2 Å². The summed E-state index contributed by atoms with van der Waals surface area (Å²) in [4.78, 5) is 24.0. The molecule has 0 fully saturated rings. The van der Waals surface area contributed by atoms with Gasteiger partial charge in [0.1, 0.15) is 0 Å². The van der Waals surface area contributed by atoms with Gasteiger partial charge in [-0.3, -0.25) is 9.59 Å². The van der Waals surface area contributed by atoms with Gasteiger partial charge in [-0.25, -0.2) is 5.01 Å². The highest BCUT2D eigenvalue weighted by atomic mass is 35.5. The second-order valence-corrected chi connectivity index (χ2v) is 8.83. The van der Waals surface area contributed by atoms with Gasteiger partial charge in [-0.15, -0.1) is 0 Å². The van der Waals surface area contributed by atoms with Crippen LogP contribution < -0.4 is 0 Å². The molecule has 1 N–H and O–H groups in total. The summed E-state index contributed by atoms with van der Waals surface area (Å²) >= 11 is 12.2. The van der Waals surface area contributed by atoms with E-state index in [0.29, 0.717) is 16.5 Å². The Labute approximate surface area is 202 Å². The fraction of sp³-hybridized carbons (Fsp3) is 0.192. The van der Waals surface area contributed by atoms with Crippen LogP contribution in [0.4, 0.5) is 0 Å². The van der Waals surface area contributed by atoms with Gasteiger partial charge in [0.2, 0.25) is 5.91 Å². The molecule has 1 unspecified atom stereocenters. The van der Waals surface area contributed by atoms with Crippen molar-refractivity contribution in [2.75, 3.05) is 0 Å². The molecule has 1 atom stereocenters. The van der Waals surface area contributed by atoms with Gasteiger partial charge in [-0.1, -0.05) is 65.7 Å². The lowest BCUT2D eigenvalue weighted by molar-refractivity contribution is -0.141. The van der Waals surface area contributed by atoms with Gasteiger partial charge in [-0.05, 0) is 53.4 Å². The molecule has 0 aromatic heterocycles. The number of hydrogen-bond donors (Lipinski definition) is 1. The molecular weight excluding hydrogens is 459 g/mol. The van der Waals surface area contributed by atoms with Crippen molar-refractivity contribution in [3.63, 3.8) is 0 Å². The highest BCUT2D eigenvalue weighted by molar-refractivity contribution is 6.30. The van der Waals surface area contributed by atoms with Crippen LogP contribution in [0.25, 0.3) is 11.1 Å². The SMILES string of the molecule is Cc1cccc(C2=NN(C(=O)CCC(=O)O)C(c3ccc(Cl)cc3)C2)c1-c1ccc(Cl)cc1. The van der Waals surface area contributed by atoms with Crippen LogP contribution in [0.15, 0.2) is 71.8 Å². The van der Waals surface area contributed by atoms with E-state index in [0.717, 1.165) is 33.5 Å². The topological polar surface area (TPSA) is 70.0 Å². The zero-order valence-electron chi connectivity index (χ0n) is 18.0. The largest absolute Gasteiger partial charge is 0.481 e. The number of carboxylic acids is 1. The number of carbonyl (C=O) groups is 2. The van der Waals surface area contributed by atoms with E-state index in [1.807, 2.05) is 61.5 Å². The molecule has 1 heterocycles. The average Bonchev–Trinajstić information content (AvgIpc) is 3.24. The van der Waals surface area contributed by atoms with E-state index < -0.39 is 5.97 Å². The Morgan fingerprint density at radius 1 is 0.970 bits per heavy atom. The fourth-order valence-corrected chi connectivity index (χ4v) is 4.34. The molecule has 0 saturated heterocycles. The van der Waals surface area contributed by atoms with Crippen LogP contribution in [-0.2, 0) is 9.59 Å². The number of halogens is 2. The molecule has 33 heavy (non-hydrogen) atoms. The summed E-state index contributed by atoms with van der Waals surface area (Å²) in [5, 5.41) is 16.4. The highest BCUT2D eigenvalue weighted by Crippen LogP contribution is 2.37. The molecule has 3 aromatic carbocycles. The maximum atomic E-state index is 13.0. The maximum Gasteiger partial charge on any atom is 0.303 e. The molecular formula is C26H22Cl2N2O3. The summed E-state index contributed by atoms with van der Waals surface area (Å²) in [6.45, 7) is 2.04. The number of hydrazone groups is 1. The molecule has 0 bridgehead atoms. The number of aryl methyl sites for hydroxylation is 1. The quantitative estimate of drug-likeness (QED) is 0.436. The molecule has 168 valence electrons. The van der Waals surface area contributed by atoms with Crippen molar-refractivity contribution < 1.29 is 14.7 Å². The molecule has 0 spiro atoms. The predicted molar refractivity (Wildman–Crippen MR) is 131 cm³/mol. The molecule has 1 aliphatic rings. The van der Waals surface area contributed by atoms with Gasteiger partial charge in [-0.2, -0.15) is 5.10 Å². The summed E-state index contributed by atoms with van der Waals surface area (Å²) in [6.07, 6.45) is 0.145. The molecule has 7 heteroatoms. The molecule has 0 saturated carbocycles. The normalized spacial score (nSPS) is 15.4. The van der Waals surface area contributed by atoms with Crippen molar-refractivity contribution in [2.24, 2.45) is 5.10 Å². The average molecular weight is 481 g/mol. The van der Waals surface area contributed by atoms with E-state index in [4.69, 9.17) is 33.4 Å². The lowest BCUT2D eigenvalue weighted by Gasteiger charge is -2.22. The van der Waals surface area contributed by atoms with Gasteiger partial charge >= 0.3 is 5.97 Å². The van der Waals surface area contributed by atoms with Gasteiger partial charge in [0.15, 0.2) is 0 Å². The van der Waals surface area contributed by atoms with Crippen LogP contribution in [-0.4, -0.2) is 27.7 Å². The standard InChI is InChI=1S/C26H22Cl2N2O3/c1-16-3-2-4-21(26(16)18-7-11-20(28)12-8-18)22-15-23(17-5-9-19(27)10-6-17)30(29-22)24(31)13-14-25(32)33/h2-12,23H,13-15H2,1H3,(H,32,33). The lowest BCUT2D eigenvalue weighted by atomic mass is 9.90. The first-order chi connectivity index (χ1) is 15.8. The number of carbonyl (C=O) groups excluding carboxylic acids is 1. The molecule has 0 aliphatic carbocycles. The Morgan fingerprint density at radius 2 is 1.61 bits per heavy atom. The van der Waals surface area contributed by atoms with E-state index in [-0.39, 0.29) is 24.8 Å². The van der Waals surface area contributed by atoms with Crippen molar-refractivity contribution in [3.8, 4) is 11.1 Å². The fourth-order valence-electron chi connectivity index (χ4n) is 4.08. The molecule has 1 amide bonds. The van der Waals surface area contributed by atoms with Crippen molar-refractivity contribution in [1.29, 1.82) is 0 Å². The zero-order valence-corrected chi connectivity index (χ0v) is 19.5. The lowest BCUT2D eigenvalue weighted by Crippen LogP contribution is -2.27. The van der Waals surface area contributed by atoms with Crippen LogP contribution in [0.2, 0.25) is 10.0 Å². The number of carboxylic acid groups (broad SMARTS) is 1. The summed E-state index contributed by atoms with van der Waals surface area (Å²) in [5.74, 6) is -1.34. The van der Waals surface area contributed by atoms with Crippen LogP contribution in [0, 0.1) is 6.92 Å². The first kappa shape index (κ1) is 23.0. The second kappa shape index (κ2) is 9.77. The van der Waals surface area contributed by atoms with Gasteiger partial charge < -0.3 is 5.11 Å². The Hall–Kier alpha value is -3.15. The minimum atomic E-state index is -1.02. The van der Waals surface area contributed by atoms with E-state index in [2.05, 4.69) is 0 Å². The van der Waals surface area contributed by atoms with Gasteiger partial charge in [0.25, 0.3) is 0 Å². The zero-order chi connectivity index (χ0) is 23.5. The summed E-state index contributed by atoms with van der Waals surface area (Å²) in [7, 11) is 0. The van der Waals surface area contributed by atoms with E-state index >= 15 is 0 Å². The van der Waals surface area contributed by atoms with Crippen molar-refractivity contribution in [3.05, 3.63) is 93.5 Å². The van der Waals surface area contributed by atoms with E-state index in [1.54, 1.807) is 12.1 Å². The number of nitrogens with zero attached hydrogens (tertiary/aromatic N) is 2.